The molecule has 1 aliphatic heterocycles. The first-order valence-electron chi connectivity index (χ1n) is 12.0. The van der Waals surface area contributed by atoms with Gasteiger partial charge in [0.05, 0.1) is 27.8 Å². The van der Waals surface area contributed by atoms with Crippen LogP contribution in [0.2, 0.25) is 5.02 Å². The fourth-order valence-electron chi connectivity index (χ4n) is 5.55. The summed E-state index contributed by atoms with van der Waals surface area (Å²) in [5.74, 6) is 0.956. The molecule has 1 fully saturated rings. The first-order valence-corrected chi connectivity index (χ1v) is 12.4. The predicted octanol–water partition coefficient (Wildman–Crippen LogP) is 5.71. The molecular weight excluding hydrogens is 450 g/mol. The van der Waals surface area contributed by atoms with Gasteiger partial charge in [-0.25, -0.2) is 0 Å². The highest BCUT2D eigenvalue weighted by Crippen LogP contribution is 2.49. The van der Waals surface area contributed by atoms with E-state index in [9.17, 15) is 4.79 Å². The molecule has 1 aromatic carbocycles. The number of carbonyl (C=O) groups excluding carboxylic acids is 1. The molecule has 180 valence electrons. The minimum atomic E-state index is -0.275. The zero-order chi connectivity index (χ0) is 24.0. The van der Waals surface area contributed by atoms with E-state index in [1.807, 2.05) is 37.7 Å². The normalized spacial score (nSPS) is 16.9. The largest absolute Gasteiger partial charge is 0.450 e. The Kier molecular flexibility index (Phi) is 5.84. The van der Waals surface area contributed by atoms with Crippen LogP contribution in [0.15, 0.2) is 35.0 Å². The molecule has 1 saturated carbocycles. The van der Waals surface area contributed by atoms with Gasteiger partial charge in [0.2, 0.25) is 0 Å². The minimum absolute atomic E-state index is 0.131. The molecule has 0 bridgehead atoms. The number of hydrogen-bond acceptors (Lipinski definition) is 5. The number of rotatable bonds is 5. The second-order valence-electron chi connectivity index (χ2n) is 9.74. The van der Waals surface area contributed by atoms with E-state index in [1.165, 1.54) is 6.42 Å². The topological polar surface area (TPSA) is 75.3 Å². The van der Waals surface area contributed by atoms with Crippen LogP contribution in [0.5, 0.6) is 0 Å². The number of fused-ring (bicyclic) bond motifs is 4. The number of carbonyl (C=O) groups is 1. The maximum Gasteiger partial charge on any atom is 0.289 e. The summed E-state index contributed by atoms with van der Waals surface area (Å²) in [6, 6.07) is 5.76. The second kappa shape index (κ2) is 8.69. The monoisotopic (exact) mass is 481 g/mol. The van der Waals surface area contributed by atoms with Gasteiger partial charge in [-0.1, -0.05) is 37.4 Å². The van der Waals surface area contributed by atoms with Crippen molar-refractivity contribution < 1.29 is 9.21 Å². The number of hydrogen-bond donors (Lipinski definition) is 2. The average molecular weight is 482 g/mol. The van der Waals surface area contributed by atoms with Crippen LogP contribution in [-0.4, -0.2) is 34.2 Å². The number of furan rings is 1. The Labute approximate surface area is 205 Å². The number of aryl methyl sites for hydroxylation is 3. The summed E-state index contributed by atoms with van der Waals surface area (Å²) >= 11 is 6.70. The van der Waals surface area contributed by atoms with Gasteiger partial charge < -0.3 is 20.0 Å². The number of anilines is 1. The first-order chi connectivity index (χ1) is 16.3. The van der Waals surface area contributed by atoms with Crippen LogP contribution in [0.1, 0.15) is 66.0 Å². The van der Waals surface area contributed by atoms with Gasteiger partial charge in [0.25, 0.3) is 5.91 Å². The van der Waals surface area contributed by atoms with Crippen molar-refractivity contribution in [1.29, 1.82) is 0 Å². The molecule has 34 heavy (non-hydrogen) atoms. The van der Waals surface area contributed by atoms with Crippen LogP contribution >= 0.6 is 11.6 Å². The van der Waals surface area contributed by atoms with Gasteiger partial charge in [-0.05, 0) is 51.3 Å². The van der Waals surface area contributed by atoms with Gasteiger partial charge >= 0.3 is 0 Å². The SMILES string of the molecule is C=C1Nc2c(Cl)cc3cc(C(=O)N(C)CCCn4nc(C)cc4C)oc3c2C2(CCCCC2)N1. The van der Waals surface area contributed by atoms with Crippen LogP contribution in [0, 0.1) is 13.8 Å². The third-order valence-corrected chi connectivity index (χ3v) is 7.43. The average Bonchev–Trinajstić information content (AvgIpc) is 3.35. The number of aromatic nitrogens is 2. The summed E-state index contributed by atoms with van der Waals surface area (Å²) in [5.41, 5.74) is 4.46. The Morgan fingerprint density at radius 3 is 2.74 bits per heavy atom. The highest BCUT2D eigenvalue weighted by atomic mass is 35.5. The summed E-state index contributed by atoms with van der Waals surface area (Å²) in [7, 11) is 1.81. The minimum Gasteiger partial charge on any atom is -0.450 e. The zero-order valence-corrected chi connectivity index (χ0v) is 20.9. The van der Waals surface area contributed by atoms with Crippen molar-refractivity contribution in [3.8, 4) is 0 Å². The Bertz CT molecular complexity index is 1270. The van der Waals surface area contributed by atoms with Gasteiger partial charge in [-0.2, -0.15) is 5.10 Å². The highest BCUT2D eigenvalue weighted by Gasteiger charge is 2.42. The Morgan fingerprint density at radius 1 is 1.26 bits per heavy atom. The molecule has 0 saturated heterocycles. The lowest BCUT2D eigenvalue weighted by Crippen LogP contribution is -2.48. The van der Waals surface area contributed by atoms with Gasteiger partial charge in [0, 0.05) is 36.8 Å². The van der Waals surface area contributed by atoms with Gasteiger partial charge in [-0.15, -0.1) is 0 Å². The summed E-state index contributed by atoms with van der Waals surface area (Å²) in [4.78, 5) is 14.9. The summed E-state index contributed by atoms with van der Waals surface area (Å²) in [6.07, 6.45) is 6.23. The molecule has 1 aliphatic carbocycles. The van der Waals surface area contributed by atoms with Crippen molar-refractivity contribution in [1.82, 2.24) is 20.0 Å². The highest BCUT2D eigenvalue weighted by molar-refractivity contribution is 6.34. The van der Waals surface area contributed by atoms with E-state index < -0.39 is 0 Å². The zero-order valence-electron chi connectivity index (χ0n) is 20.1. The van der Waals surface area contributed by atoms with Crippen LogP contribution in [0.3, 0.4) is 0 Å². The van der Waals surface area contributed by atoms with E-state index in [0.29, 0.717) is 17.3 Å². The van der Waals surface area contributed by atoms with Gasteiger partial charge in [-0.3, -0.25) is 9.48 Å². The summed E-state index contributed by atoms with van der Waals surface area (Å²) in [6.45, 7) is 9.54. The van der Waals surface area contributed by atoms with E-state index in [4.69, 9.17) is 16.0 Å². The Hall–Kier alpha value is -2.93. The molecule has 0 radical (unpaired) electrons. The fraction of sp³-hybridized carbons (Fsp3) is 0.462. The molecule has 0 unspecified atom stereocenters. The van der Waals surface area contributed by atoms with Crippen molar-refractivity contribution in [2.45, 2.75) is 64.5 Å². The van der Waals surface area contributed by atoms with E-state index >= 15 is 0 Å². The van der Waals surface area contributed by atoms with Gasteiger partial charge in [0.1, 0.15) is 5.58 Å². The van der Waals surface area contributed by atoms with Crippen molar-refractivity contribution >= 4 is 34.2 Å². The molecule has 2 aromatic heterocycles. The first kappa shape index (κ1) is 22.8. The molecule has 5 rings (SSSR count). The van der Waals surface area contributed by atoms with Crippen molar-refractivity contribution in [2.75, 3.05) is 18.9 Å². The number of nitrogens with zero attached hydrogens (tertiary/aromatic N) is 3. The standard InChI is InChI=1S/C26H32ClN5O2/c1-16-13-17(2)32(30-16)12-8-11-31(4)25(33)21-15-19-14-20(27)23-22(24(19)34-21)26(29-18(3)28-23)9-6-5-7-10-26/h13-15,28-29H,3,5-12H2,1-2,4H3. The molecule has 3 aromatic rings. The van der Waals surface area contributed by atoms with E-state index in [1.54, 1.807) is 4.90 Å². The van der Waals surface area contributed by atoms with E-state index in [-0.39, 0.29) is 11.4 Å². The number of benzene rings is 1. The second-order valence-corrected chi connectivity index (χ2v) is 10.1. The molecule has 2 aliphatic rings. The molecule has 1 spiro atoms. The van der Waals surface area contributed by atoms with Crippen LogP contribution in [-0.2, 0) is 12.1 Å². The number of amides is 1. The van der Waals surface area contributed by atoms with Gasteiger partial charge in [0.15, 0.2) is 5.76 Å². The van der Waals surface area contributed by atoms with Crippen LogP contribution in [0.25, 0.3) is 11.0 Å². The van der Waals surface area contributed by atoms with E-state index in [0.717, 1.165) is 78.1 Å². The summed E-state index contributed by atoms with van der Waals surface area (Å²) in [5, 5.41) is 12.9. The molecule has 8 heteroatoms. The lowest BCUT2D eigenvalue weighted by atomic mass is 9.74. The van der Waals surface area contributed by atoms with Crippen LogP contribution < -0.4 is 10.6 Å². The molecule has 3 heterocycles. The molecule has 1 amide bonds. The third-order valence-electron chi connectivity index (χ3n) is 7.13. The van der Waals surface area contributed by atoms with Crippen LogP contribution in [0.4, 0.5) is 5.69 Å². The van der Waals surface area contributed by atoms with Crippen molar-refractivity contribution in [3.63, 3.8) is 0 Å². The maximum absolute atomic E-state index is 13.2. The van der Waals surface area contributed by atoms with Crippen molar-refractivity contribution in [2.24, 2.45) is 0 Å². The van der Waals surface area contributed by atoms with E-state index in [2.05, 4.69) is 28.4 Å². The number of halogens is 1. The predicted molar refractivity (Wildman–Crippen MR) is 135 cm³/mol. The number of nitrogens with one attached hydrogen (secondary N) is 2. The lowest BCUT2D eigenvalue weighted by Gasteiger charge is -2.44. The summed E-state index contributed by atoms with van der Waals surface area (Å²) < 4.78 is 8.26. The Morgan fingerprint density at radius 2 is 2.03 bits per heavy atom. The Balaban J connectivity index is 1.41. The maximum atomic E-state index is 13.2. The third kappa shape index (κ3) is 3.96. The molecule has 0 atom stereocenters. The molecule has 7 nitrogen and oxygen atoms in total. The fourth-order valence-corrected chi connectivity index (χ4v) is 5.81. The lowest BCUT2D eigenvalue weighted by molar-refractivity contribution is 0.0762. The van der Waals surface area contributed by atoms with Crippen molar-refractivity contribution in [3.05, 3.63) is 58.3 Å². The molecular formula is C26H32ClN5O2. The molecule has 2 N–H and O–H groups in total. The quantitative estimate of drug-likeness (QED) is 0.488. The smallest absolute Gasteiger partial charge is 0.289 e.